The van der Waals surface area contributed by atoms with Crippen molar-refractivity contribution in [2.75, 3.05) is 0 Å². The van der Waals surface area contributed by atoms with E-state index in [9.17, 15) is 4.79 Å². The van der Waals surface area contributed by atoms with E-state index in [1.54, 1.807) is 23.0 Å². The summed E-state index contributed by atoms with van der Waals surface area (Å²) in [4.78, 5) is 15.8. The average Bonchev–Trinajstić information content (AvgIpc) is 2.24. The Morgan fingerprint density at radius 2 is 2.20 bits per heavy atom. The molecule has 0 unspecified atom stereocenters. The zero-order valence-corrected chi connectivity index (χ0v) is 8.55. The monoisotopic (exact) mass is 200 g/mol. The second-order valence-corrected chi connectivity index (χ2v) is 3.49. The van der Waals surface area contributed by atoms with E-state index in [1.807, 2.05) is 31.2 Å². The van der Waals surface area contributed by atoms with E-state index in [0.717, 1.165) is 11.3 Å². The first kappa shape index (κ1) is 9.65. The Kier molecular flexibility index (Phi) is 2.63. The summed E-state index contributed by atoms with van der Waals surface area (Å²) in [5.41, 5.74) is 1.89. The quantitative estimate of drug-likeness (QED) is 0.738. The summed E-state index contributed by atoms with van der Waals surface area (Å²) < 4.78 is 1.65. The number of hydrogen-bond donors (Lipinski definition) is 0. The SMILES string of the molecule is Cc1ccn(Cc2ccccn2)c(=O)c1. The summed E-state index contributed by atoms with van der Waals surface area (Å²) >= 11 is 0. The van der Waals surface area contributed by atoms with E-state index in [2.05, 4.69) is 4.98 Å². The second-order valence-electron chi connectivity index (χ2n) is 3.49. The molecule has 0 spiro atoms. The van der Waals surface area contributed by atoms with E-state index in [4.69, 9.17) is 0 Å². The largest absolute Gasteiger partial charge is 0.310 e. The lowest BCUT2D eigenvalue weighted by Gasteiger charge is -2.04. The number of aryl methyl sites for hydroxylation is 1. The average molecular weight is 200 g/mol. The van der Waals surface area contributed by atoms with Crippen molar-refractivity contribution in [3.05, 3.63) is 64.3 Å². The molecule has 0 bridgehead atoms. The summed E-state index contributed by atoms with van der Waals surface area (Å²) in [5.74, 6) is 0. The lowest BCUT2D eigenvalue weighted by molar-refractivity contribution is 0.737. The molecule has 0 aliphatic rings. The number of nitrogens with zero attached hydrogens (tertiary/aromatic N) is 2. The molecule has 76 valence electrons. The highest BCUT2D eigenvalue weighted by molar-refractivity contribution is 5.10. The lowest BCUT2D eigenvalue weighted by Crippen LogP contribution is -2.19. The number of pyridine rings is 2. The highest BCUT2D eigenvalue weighted by Gasteiger charge is 1.97. The van der Waals surface area contributed by atoms with Crippen molar-refractivity contribution in [3.63, 3.8) is 0 Å². The van der Waals surface area contributed by atoms with E-state index in [1.165, 1.54) is 0 Å². The molecule has 0 amide bonds. The minimum absolute atomic E-state index is 0.0145. The first-order valence-corrected chi connectivity index (χ1v) is 4.83. The van der Waals surface area contributed by atoms with E-state index in [-0.39, 0.29) is 5.56 Å². The molecular weight excluding hydrogens is 188 g/mol. The first-order valence-electron chi connectivity index (χ1n) is 4.83. The highest BCUT2D eigenvalue weighted by Crippen LogP contribution is 1.97. The van der Waals surface area contributed by atoms with Crippen LogP contribution in [-0.4, -0.2) is 9.55 Å². The first-order chi connectivity index (χ1) is 7.25. The molecule has 0 aliphatic heterocycles. The van der Waals surface area contributed by atoms with Crippen LogP contribution in [0.3, 0.4) is 0 Å². The summed E-state index contributed by atoms with van der Waals surface area (Å²) in [6.45, 7) is 2.44. The van der Waals surface area contributed by atoms with E-state index in [0.29, 0.717) is 6.54 Å². The van der Waals surface area contributed by atoms with Crippen LogP contribution in [0.25, 0.3) is 0 Å². The zero-order chi connectivity index (χ0) is 10.7. The molecule has 15 heavy (non-hydrogen) atoms. The summed E-state index contributed by atoms with van der Waals surface area (Å²) in [6, 6.07) is 9.24. The van der Waals surface area contributed by atoms with Gasteiger partial charge < -0.3 is 4.57 Å². The molecule has 2 heterocycles. The third-order valence-corrected chi connectivity index (χ3v) is 2.21. The summed E-state index contributed by atoms with van der Waals surface area (Å²) in [6.07, 6.45) is 3.53. The second kappa shape index (κ2) is 4.09. The van der Waals surface area contributed by atoms with Crippen LogP contribution in [0.15, 0.2) is 47.5 Å². The van der Waals surface area contributed by atoms with Crippen LogP contribution in [0.2, 0.25) is 0 Å². The van der Waals surface area contributed by atoms with Crippen LogP contribution in [0, 0.1) is 6.92 Å². The molecule has 3 heteroatoms. The number of aromatic nitrogens is 2. The van der Waals surface area contributed by atoms with Gasteiger partial charge in [-0.2, -0.15) is 0 Å². The minimum atomic E-state index is 0.0145. The number of rotatable bonds is 2. The zero-order valence-electron chi connectivity index (χ0n) is 8.55. The third kappa shape index (κ3) is 2.31. The minimum Gasteiger partial charge on any atom is -0.310 e. The van der Waals surface area contributed by atoms with Gasteiger partial charge >= 0.3 is 0 Å². The standard InChI is InChI=1S/C12H12N2O/c1-10-5-7-14(12(15)8-10)9-11-4-2-3-6-13-11/h2-8H,9H2,1H3. The predicted octanol–water partition coefficient (Wildman–Crippen LogP) is 1.60. The molecule has 0 radical (unpaired) electrons. The molecule has 0 aliphatic carbocycles. The fraction of sp³-hybridized carbons (Fsp3) is 0.167. The molecule has 2 aromatic heterocycles. The molecule has 2 rings (SSSR count). The molecule has 0 saturated heterocycles. The van der Waals surface area contributed by atoms with Gasteiger partial charge in [0.15, 0.2) is 0 Å². The Balaban J connectivity index is 2.29. The van der Waals surface area contributed by atoms with Gasteiger partial charge in [0.05, 0.1) is 12.2 Å². The van der Waals surface area contributed by atoms with Crippen LogP contribution in [0.5, 0.6) is 0 Å². The lowest BCUT2D eigenvalue weighted by atomic mass is 10.3. The third-order valence-electron chi connectivity index (χ3n) is 2.21. The summed E-state index contributed by atoms with van der Waals surface area (Å²) in [5, 5.41) is 0. The van der Waals surface area contributed by atoms with Crippen LogP contribution < -0.4 is 5.56 Å². The van der Waals surface area contributed by atoms with Crippen molar-refractivity contribution >= 4 is 0 Å². The topological polar surface area (TPSA) is 34.9 Å². The Labute approximate surface area is 88.0 Å². The molecule has 0 atom stereocenters. The van der Waals surface area contributed by atoms with Gasteiger partial charge in [-0.25, -0.2) is 0 Å². The molecule has 2 aromatic rings. The maximum absolute atomic E-state index is 11.6. The van der Waals surface area contributed by atoms with Crippen molar-refractivity contribution in [2.45, 2.75) is 13.5 Å². The normalized spacial score (nSPS) is 10.2. The molecular formula is C12H12N2O. The van der Waals surface area contributed by atoms with Gasteiger partial charge in [-0.05, 0) is 30.7 Å². The van der Waals surface area contributed by atoms with Crippen molar-refractivity contribution < 1.29 is 0 Å². The molecule has 0 N–H and O–H groups in total. The molecule has 0 fully saturated rings. The molecule has 3 nitrogen and oxygen atoms in total. The van der Waals surface area contributed by atoms with Gasteiger partial charge in [0.2, 0.25) is 0 Å². The Hall–Kier alpha value is -1.90. The maximum Gasteiger partial charge on any atom is 0.251 e. The Bertz CT molecular complexity index is 503. The van der Waals surface area contributed by atoms with Crippen molar-refractivity contribution in [2.24, 2.45) is 0 Å². The molecule has 0 aromatic carbocycles. The van der Waals surface area contributed by atoms with Crippen LogP contribution in [-0.2, 0) is 6.54 Å². The van der Waals surface area contributed by atoms with Gasteiger partial charge in [-0.15, -0.1) is 0 Å². The van der Waals surface area contributed by atoms with Crippen LogP contribution in [0.1, 0.15) is 11.3 Å². The maximum atomic E-state index is 11.6. The van der Waals surface area contributed by atoms with Gasteiger partial charge in [0.1, 0.15) is 0 Å². The van der Waals surface area contributed by atoms with Gasteiger partial charge in [0.25, 0.3) is 5.56 Å². The predicted molar refractivity (Wildman–Crippen MR) is 58.8 cm³/mol. The van der Waals surface area contributed by atoms with Crippen molar-refractivity contribution in [1.29, 1.82) is 0 Å². The van der Waals surface area contributed by atoms with Crippen LogP contribution >= 0.6 is 0 Å². The highest BCUT2D eigenvalue weighted by atomic mass is 16.1. The fourth-order valence-electron chi connectivity index (χ4n) is 1.40. The van der Waals surface area contributed by atoms with Crippen molar-refractivity contribution in [1.82, 2.24) is 9.55 Å². The summed E-state index contributed by atoms with van der Waals surface area (Å²) in [7, 11) is 0. The van der Waals surface area contributed by atoms with Gasteiger partial charge in [-0.1, -0.05) is 6.07 Å². The number of hydrogen-bond acceptors (Lipinski definition) is 2. The van der Waals surface area contributed by atoms with E-state index >= 15 is 0 Å². The van der Waals surface area contributed by atoms with Gasteiger partial charge in [-0.3, -0.25) is 9.78 Å². The fourth-order valence-corrected chi connectivity index (χ4v) is 1.40. The Morgan fingerprint density at radius 1 is 1.33 bits per heavy atom. The van der Waals surface area contributed by atoms with Crippen molar-refractivity contribution in [3.8, 4) is 0 Å². The molecule has 0 saturated carbocycles. The van der Waals surface area contributed by atoms with Crippen LogP contribution in [0.4, 0.5) is 0 Å². The van der Waals surface area contributed by atoms with Gasteiger partial charge in [0, 0.05) is 18.5 Å². The smallest absolute Gasteiger partial charge is 0.251 e. The van der Waals surface area contributed by atoms with E-state index < -0.39 is 0 Å². The Morgan fingerprint density at radius 3 is 2.87 bits per heavy atom.